The molecule has 3 heterocycles. The van der Waals surface area contributed by atoms with Gasteiger partial charge in [-0.05, 0) is 55.0 Å². The molecule has 2 aromatic heterocycles. The standard InChI is InChI=1S/C22H22ClFN6/c23-20-2-1-16(24)9-19(20)21-3-4-22(29-28-21)27-17-7-14-11-30(12-15(14)8-17)13-18-10-25-5-6-26-18/h1-6,9-10,14-15,17H,7-8,11-13H2,(H,27,29)/t14-,15+,17-. The zero-order valence-corrected chi connectivity index (χ0v) is 17.1. The Morgan fingerprint density at radius 2 is 1.90 bits per heavy atom. The Morgan fingerprint density at radius 1 is 1.07 bits per heavy atom. The maximum Gasteiger partial charge on any atom is 0.148 e. The fraction of sp³-hybridized carbons (Fsp3) is 0.364. The molecule has 30 heavy (non-hydrogen) atoms. The van der Waals surface area contributed by atoms with Crippen LogP contribution in [0, 0.1) is 17.7 Å². The zero-order chi connectivity index (χ0) is 20.5. The van der Waals surface area contributed by atoms with Crippen LogP contribution >= 0.6 is 11.6 Å². The SMILES string of the molecule is Fc1ccc(Cl)c(-c2ccc(N[C@@H]3C[C@@H]4CN(Cc5cnccn5)C[C@@H]4C3)nn2)c1. The molecular weight excluding hydrogens is 403 g/mol. The van der Waals surface area contributed by atoms with E-state index in [1.807, 2.05) is 18.3 Å². The minimum atomic E-state index is -0.343. The molecule has 1 aliphatic heterocycles. The third-order valence-electron chi connectivity index (χ3n) is 6.05. The summed E-state index contributed by atoms with van der Waals surface area (Å²) in [5.41, 5.74) is 2.14. The lowest BCUT2D eigenvalue weighted by molar-refractivity contribution is 0.297. The van der Waals surface area contributed by atoms with E-state index in [-0.39, 0.29) is 5.82 Å². The Hall–Kier alpha value is -2.64. The summed E-state index contributed by atoms with van der Waals surface area (Å²) in [6.07, 6.45) is 7.56. The fourth-order valence-corrected chi connectivity index (χ4v) is 4.95. The number of nitrogens with zero attached hydrogens (tertiary/aromatic N) is 5. The number of anilines is 1. The van der Waals surface area contributed by atoms with Gasteiger partial charge in [0, 0.05) is 49.8 Å². The van der Waals surface area contributed by atoms with Crippen molar-refractivity contribution in [3.63, 3.8) is 0 Å². The van der Waals surface area contributed by atoms with Gasteiger partial charge in [0.25, 0.3) is 0 Å². The number of hydrogen-bond donors (Lipinski definition) is 1. The van der Waals surface area contributed by atoms with Crippen molar-refractivity contribution in [2.24, 2.45) is 11.8 Å². The van der Waals surface area contributed by atoms with E-state index in [4.69, 9.17) is 11.6 Å². The van der Waals surface area contributed by atoms with E-state index in [9.17, 15) is 4.39 Å². The van der Waals surface area contributed by atoms with E-state index in [1.165, 1.54) is 18.2 Å². The molecule has 3 aromatic rings. The summed E-state index contributed by atoms with van der Waals surface area (Å²) in [4.78, 5) is 11.0. The second-order valence-corrected chi connectivity index (χ2v) is 8.56. The molecule has 1 saturated carbocycles. The van der Waals surface area contributed by atoms with Crippen molar-refractivity contribution in [3.05, 3.63) is 65.5 Å². The lowest BCUT2D eigenvalue weighted by Crippen LogP contribution is -2.25. The smallest absolute Gasteiger partial charge is 0.148 e. The minimum Gasteiger partial charge on any atom is -0.366 e. The van der Waals surface area contributed by atoms with Crippen molar-refractivity contribution in [1.82, 2.24) is 25.1 Å². The molecule has 1 N–H and O–H groups in total. The molecule has 1 saturated heterocycles. The molecule has 0 bridgehead atoms. The molecule has 8 heteroatoms. The molecule has 0 unspecified atom stereocenters. The second kappa shape index (κ2) is 8.24. The van der Waals surface area contributed by atoms with Crippen molar-refractivity contribution in [2.45, 2.75) is 25.4 Å². The number of halogens is 2. The number of aromatic nitrogens is 4. The molecular formula is C22H22ClFN6. The quantitative estimate of drug-likeness (QED) is 0.666. The van der Waals surface area contributed by atoms with Crippen LogP contribution in [-0.4, -0.2) is 44.2 Å². The highest BCUT2D eigenvalue weighted by Crippen LogP contribution is 2.39. The van der Waals surface area contributed by atoms with Gasteiger partial charge in [-0.2, -0.15) is 0 Å². The molecule has 0 amide bonds. The van der Waals surface area contributed by atoms with Gasteiger partial charge in [-0.3, -0.25) is 14.9 Å². The molecule has 2 fully saturated rings. The van der Waals surface area contributed by atoms with Crippen LogP contribution in [0.3, 0.4) is 0 Å². The van der Waals surface area contributed by atoms with Crippen LogP contribution in [0.15, 0.2) is 48.9 Å². The molecule has 2 aliphatic rings. The molecule has 6 nitrogen and oxygen atoms in total. The van der Waals surface area contributed by atoms with Crippen LogP contribution in [0.5, 0.6) is 0 Å². The second-order valence-electron chi connectivity index (χ2n) is 8.15. The van der Waals surface area contributed by atoms with Crippen molar-refractivity contribution in [2.75, 3.05) is 18.4 Å². The molecule has 0 spiro atoms. The van der Waals surface area contributed by atoms with Gasteiger partial charge in [-0.15, -0.1) is 10.2 Å². The van der Waals surface area contributed by atoms with E-state index in [1.54, 1.807) is 12.4 Å². The Balaban J connectivity index is 1.17. The van der Waals surface area contributed by atoms with Gasteiger partial charge in [-0.25, -0.2) is 4.39 Å². The van der Waals surface area contributed by atoms with Gasteiger partial charge in [0.05, 0.1) is 16.4 Å². The lowest BCUT2D eigenvalue weighted by atomic mass is 10.0. The summed E-state index contributed by atoms with van der Waals surface area (Å²) in [5, 5.41) is 12.5. The van der Waals surface area contributed by atoms with Gasteiger partial charge in [0.15, 0.2) is 0 Å². The molecule has 0 radical (unpaired) electrons. The maximum absolute atomic E-state index is 13.5. The van der Waals surface area contributed by atoms with Crippen molar-refractivity contribution in [3.8, 4) is 11.3 Å². The van der Waals surface area contributed by atoms with Gasteiger partial charge >= 0.3 is 0 Å². The Kier molecular flexibility index (Phi) is 5.31. The van der Waals surface area contributed by atoms with Gasteiger partial charge in [-0.1, -0.05) is 11.6 Å². The van der Waals surface area contributed by atoms with E-state index < -0.39 is 0 Å². The lowest BCUT2D eigenvalue weighted by Gasteiger charge is -2.19. The van der Waals surface area contributed by atoms with E-state index in [0.29, 0.717) is 34.2 Å². The van der Waals surface area contributed by atoms with Crippen LogP contribution in [0.4, 0.5) is 10.2 Å². The Labute approximate surface area is 179 Å². The number of benzene rings is 1. The number of rotatable bonds is 5. The Bertz CT molecular complexity index is 1000. The zero-order valence-electron chi connectivity index (χ0n) is 16.4. The average molecular weight is 425 g/mol. The fourth-order valence-electron chi connectivity index (χ4n) is 4.74. The van der Waals surface area contributed by atoms with Crippen molar-refractivity contribution in [1.29, 1.82) is 0 Å². The third-order valence-corrected chi connectivity index (χ3v) is 6.38. The molecule has 1 aliphatic carbocycles. The first-order valence-electron chi connectivity index (χ1n) is 10.2. The number of likely N-dealkylation sites (tertiary alicyclic amines) is 1. The van der Waals surface area contributed by atoms with Gasteiger partial charge in [0.2, 0.25) is 0 Å². The summed E-state index contributed by atoms with van der Waals surface area (Å²) < 4.78 is 13.5. The van der Waals surface area contributed by atoms with Crippen LogP contribution < -0.4 is 5.32 Å². The van der Waals surface area contributed by atoms with Gasteiger partial charge in [0.1, 0.15) is 11.6 Å². The van der Waals surface area contributed by atoms with Crippen LogP contribution in [-0.2, 0) is 6.54 Å². The normalized spacial score (nSPS) is 23.5. The molecule has 154 valence electrons. The largest absolute Gasteiger partial charge is 0.366 e. The summed E-state index contributed by atoms with van der Waals surface area (Å²) in [7, 11) is 0. The average Bonchev–Trinajstić information content (AvgIpc) is 3.29. The van der Waals surface area contributed by atoms with Crippen LogP contribution in [0.2, 0.25) is 5.02 Å². The third kappa shape index (κ3) is 4.13. The predicted molar refractivity (Wildman–Crippen MR) is 113 cm³/mol. The molecule has 1 aromatic carbocycles. The maximum atomic E-state index is 13.5. The minimum absolute atomic E-state index is 0.343. The topological polar surface area (TPSA) is 66.8 Å². The monoisotopic (exact) mass is 424 g/mol. The molecule has 5 rings (SSSR count). The van der Waals surface area contributed by atoms with Crippen molar-refractivity contribution < 1.29 is 4.39 Å². The highest BCUT2D eigenvalue weighted by molar-refractivity contribution is 6.33. The van der Waals surface area contributed by atoms with Gasteiger partial charge < -0.3 is 5.32 Å². The van der Waals surface area contributed by atoms with E-state index in [0.717, 1.165) is 44.0 Å². The first kappa shape index (κ1) is 19.3. The number of hydrogen-bond acceptors (Lipinski definition) is 6. The van der Waals surface area contributed by atoms with Crippen LogP contribution in [0.1, 0.15) is 18.5 Å². The summed E-state index contributed by atoms with van der Waals surface area (Å²) >= 11 is 6.16. The Morgan fingerprint density at radius 3 is 2.60 bits per heavy atom. The first-order valence-corrected chi connectivity index (χ1v) is 10.5. The first-order chi connectivity index (χ1) is 14.6. The van der Waals surface area contributed by atoms with Crippen molar-refractivity contribution >= 4 is 17.4 Å². The molecule has 3 atom stereocenters. The highest BCUT2D eigenvalue weighted by atomic mass is 35.5. The summed E-state index contributed by atoms with van der Waals surface area (Å²) in [6.45, 7) is 3.07. The number of fused-ring (bicyclic) bond motifs is 1. The van der Waals surface area contributed by atoms with E-state index >= 15 is 0 Å². The summed E-state index contributed by atoms with van der Waals surface area (Å²) in [6, 6.07) is 8.36. The number of nitrogens with one attached hydrogen (secondary N) is 1. The predicted octanol–water partition coefficient (Wildman–Crippen LogP) is 4.05. The summed E-state index contributed by atoms with van der Waals surface area (Å²) in [5.74, 6) is 1.78. The highest BCUT2D eigenvalue weighted by Gasteiger charge is 2.40. The van der Waals surface area contributed by atoms with E-state index in [2.05, 4.69) is 30.4 Å². The van der Waals surface area contributed by atoms with Crippen LogP contribution in [0.25, 0.3) is 11.3 Å².